The van der Waals surface area contributed by atoms with Gasteiger partial charge in [-0.1, -0.05) is 35.4 Å². The summed E-state index contributed by atoms with van der Waals surface area (Å²) in [5, 5.41) is 3.75. The maximum atomic E-state index is 4.05. The molecule has 1 heteroatoms. The molecule has 1 aliphatic rings. The van der Waals surface area contributed by atoms with Crippen LogP contribution in [0.1, 0.15) is 43.9 Å². The third-order valence-corrected chi connectivity index (χ3v) is 3.48. The Kier molecular flexibility index (Phi) is 4.03. The predicted octanol–water partition coefficient (Wildman–Crippen LogP) is 4.17. The van der Waals surface area contributed by atoms with E-state index in [-0.39, 0.29) is 0 Å². The molecule has 1 aromatic carbocycles. The maximum absolute atomic E-state index is 4.05. The molecule has 1 aliphatic heterocycles. The molecule has 96 valence electrons. The molecule has 0 saturated carbocycles. The van der Waals surface area contributed by atoms with Crippen LogP contribution in [0, 0.1) is 0 Å². The van der Waals surface area contributed by atoms with Crippen LogP contribution in [-0.2, 0) is 6.42 Å². The van der Waals surface area contributed by atoms with E-state index in [1.807, 2.05) is 0 Å². The van der Waals surface area contributed by atoms with E-state index < -0.39 is 0 Å². The Morgan fingerprint density at radius 3 is 2.50 bits per heavy atom. The summed E-state index contributed by atoms with van der Waals surface area (Å²) in [6.45, 7) is 12.3. The Bertz CT molecular complexity index is 458. The smallest absolute Gasteiger partial charge is 0.0362 e. The van der Waals surface area contributed by atoms with Gasteiger partial charge in [0.05, 0.1) is 0 Å². The molecule has 1 N–H and O–H groups in total. The van der Waals surface area contributed by atoms with Gasteiger partial charge in [0.15, 0.2) is 0 Å². The Hall–Kier alpha value is -1.34. The van der Waals surface area contributed by atoms with Crippen molar-refractivity contribution in [2.45, 2.75) is 45.2 Å². The standard InChI is InChI=1S/C17H23N/c1-12(2)9-15-11-14-7-5-6-8-16(14)17(18-15)10-13(3)4/h5-8,15,17-18H,1,3,9-11H2,2,4H3/t15-,17-/m0/s1. The van der Waals surface area contributed by atoms with Crippen molar-refractivity contribution in [2.24, 2.45) is 0 Å². The fraction of sp³-hybridized carbons (Fsp3) is 0.412. The molecule has 1 aromatic rings. The zero-order chi connectivity index (χ0) is 13.1. The molecule has 2 rings (SSSR count). The predicted molar refractivity (Wildman–Crippen MR) is 78.7 cm³/mol. The summed E-state index contributed by atoms with van der Waals surface area (Å²) >= 11 is 0. The first-order valence-electron chi connectivity index (χ1n) is 6.69. The molecule has 0 aliphatic carbocycles. The lowest BCUT2D eigenvalue weighted by molar-refractivity contribution is 0.397. The van der Waals surface area contributed by atoms with Crippen LogP contribution in [0.2, 0.25) is 0 Å². The second kappa shape index (κ2) is 5.53. The topological polar surface area (TPSA) is 12.0 Å². The zero-order valence-electron chi connectivity index (χ0n) is 11.5. The second-order valence-corrected chi connectivity index (χ2v) is 5.64. The molecule has 0 fully saturated rings. The largest absolute Gasteiger partial charge is 0.306 e. The molecule has 1 nitrogen and oxygen atoms in total. The van der Waals surface area contributed by atoms with Crippen LogP contribution in [0.15, 0.2) is 48.6 Å². The number of fused-ring (bicyclic) bond motifs is 1. The molecule has 18 heavy (non-hydrogen) atoms. The second-order valence-electron chi connectivity index (χ2n) is 5.64. The van der Waals surface area contributed by atoms with Gasteiger partial charge in [0.2, 0.25) is 0 Å². The molecule has 0 radical (unpaired) electrons. The van der Waals surface area contributed by atoms with Crippen molar-refractivity contribution < 1.29 is 0 Å². The van der Waals surface area contributed by atoms with Crippen LogP contribution in [-0.4, -0.2) is 6.04 Å². The van der Waals surface area contributed by atoms with Crippen molar-refractivity contribution in [2.75, 3.05) is 0 Å². The highest BCUT2D eigenvalue weighted by Crippen LogP contribution is 2.30. The Morgan fingerprint density at radius 2 is 1.83 bits per heavy atom. The van der Waals surface area contributed by atoms with Crippen LogP contribution in [0.3, 0.4) is 0 Å². The summed E-state index contributed by atoms with van der Waals surface area (Å²) in [7, 11) is 0. The highest BCUT2D eigenvalue weighted by Gasteiger charge is 2.25. The van der Waals surface area contributed by atoms with Gasteiger partial charge in [-0.05, 0) is 44.2 Å². The van der Waals surface area contributed by atoms with Crippen molar-refractivity contribution in [3.05, 3.63) is 59.7 Å². The Morgan fingerprint density at radius 1 is 1.17 bits per heavy atom. The lowest BCUT2D eigenvalue weighted by Crippen LogP contribution is -2.39. The van der Waals surface area contributed by atoms with Crippen molar-refractivity contribution in [3.8, 4) is 0 Å². The highest BCUT2D eigenvalue weighted by molar-refractivity contribution is 5.34. The average molecular weight is 241 g/mol. The molecule has 0 spiro atoms. The highest BCUT2D eigenvalue weighted by atomic mass is 15.0. The fourth-order valence-electron chi connectivity index (χ4n) is 2.83. The quantitative estimate of drug-likeness (QED) is 0.780. The summed E-state index contributed by atoms with van der Waals surface area (Å²) in [6.07, 6.45) is 3.18. The van der Waals surface area contributed by atoms with Gasteiger partial charge in [0.1, 0.15) is 0 Å². The first-order valence-corrected chi connectivity index (χ1v) is 6.69. The minimum Gasteiger partial charge on any atom is -0.306 e. The number of rotatable bonds is 4. The molecular formula is C17H23N. The number of benzene rings is 1. The van der Waals surface area contributed by atoms with Crippen LogP contribution >= 0.6 is 0 Å². The van der Waals surface area contributed by atoms with E-state index in [2.05, 4.69) is 56.6 Å². The van der Waals surface area contributed by atoms with E-state index in [1.54, 1.807) is 0 Å². The first-order chi connectivity index (χ1) is 8.56. The summed E-state index contributed by atoms with van der Waals surface area (Å²) in [5.41, 5.74) is 5.41. The van der Waals surface area contributed by atoms with Crippen molar-refractivity contribution >= 4 is 0 Å². The summed E-state index contributed by atoms with van der Waals surface area (Å²) in [5.74, 6) is 0. The Balaban J connectivity index is 2.23. The van der Waals surface area contributed by atoms with Crippen molar-refractivity contribution in [1.29, 1.82) is 0 Å². The SMILES string of the molecule is C=C(C)C[C@H]1Cc2ccccc2[C@H](CC(=C)C)N1. The van der Waals surface area contributed by atoms with E-state index in [4.69, 9.17) is 0 Å². The van der Waals surface area contributed by atoms with Gasteiger partial charge in [-0.3, -0.25) is 0 Å². The summed E-state index contributed by atoms with van der Waals surface area (Å²) in [6, 6.07) is 9.70. The Labute approximate surface area is 111 Å². The van der Waals surface area contributed by atoms with Crippen molar-refractivity contribution in [3.63, 3.8) is 0 Å². The van der Waals surface area contributed by atoms with Gasteiger partial charge in [-0.2, -0.15) is 0 Å². The third kappa shape index (κ3) is 3.11. The van der Waals surface area contributed by atoms with Crippen LogP contribution in [0.4, 0.5) is 0 Å². The van der Waals surface area contributed by atoms with E-state index in [0.717, 1.165) is 19.3 Å². The monoisotopic (exact) mass is 241 g/mol. The lowest BCUT2D eigenvalue weighted by atomic mass is 9.86. The molecule has 0 amide bonds. The van der Waals surface area contributed by atoms with E-state index in [0.29, 0.717) is 12.1 Å². The first kappa shape index (κ1) is 13.1. The van der Waals surface area contributed by atoms with Crippen LogP contribution in [0.5, 0.6) is 0 Å². The van der Waals surface area contributed by atoms with Crippen LogP contribution in [0.25, 0.3) is 0 Å². The molecular weight excluding hydrogens is 218 g/mol. The van der Waals surface area contributed by atoms with E-state index in [1.165, 1.54) is 22.3 Å². The molecule has 0 aromatic heterocycles. The molecule has 1 heterocycles. The fourth-order valence-corrected chi connectivity index (χ4v) is 2.83. The van der Waals surface area contributed by atoms with Gasteiger partial charge in [0, 0.05) is 12.1 Å². The van der Waals surface area contributed by atoms with Gasteiger partial charge in [-0.15, -0.1) is 13.2 Å². The lowest BCUT2D eigenvalue weighted by Gasteiger charge is -2.33. The third-order valence-electron chi connectivity index (χ3n) is 3.48. The maximum Gasteiger partial charge on any atom is 0.0362 e. The normalized spacial score (nSPS) is 22.3. The summed E-state index contributed by atoms with van der Waals surface area (Å²) < 4.78 is 0. The zero-order valence-corrected chi connectivity index (χ0v) is 11.5. The molecule has 0 unspecified atom stereocenters. The van der Waals surface area contributed by atoms with Gasteiger partial charge in [-0.25, -0.2) is 0 Å². The number of hydrogen-bond acceptors (Lipinski definition) is 1. The molecule has 0 saturated heterocycles. The average Bonchev–Trinajstić information content (AvgIpc) is 2.27. The van der Waals surface area contributed by atoms with Crippen LogP contribution < -0.4 is 5.32 Å². The van der Waals surface area contributed by atoms with Gasteiger partial charge in [0.25, 0.3) is 0 Å². The minimum absolute atomic E-state index is 0.414. The minimum atomic E-state index is 0.414. The molecule has 2 atom stereocenters. The van der Waals surface area contributed by atoms with Gasteiger partial charge >= 0.3 is 0 Å². The molecule has 0 bridgehead atoms. The van der Waals surface area contributed by atoms with E-state index in [9.17, 15) is 0 Å². The number of nitrogens with one attached hydrogen (secondary N) is 1. The summed E-state index contributed by atoms with van der Waals surface area (Å²) in [4.78, 5) is 0. The van der Waals surface area contributed by atoms with E-state index >= 15 is 0 Å². The van der Waals surface area contributed by atoms with Crippen molar-refractivity contribution in [1.82, 2.24) is 5.32 Å². The number of hydrogen-bond donors (Lipinski definition) is 1. The van der Waals surface area contributed by atoms with Gasteiger partial charge < -0.3 is 5.32 Å².